The summed E-state index contributed by atoms with van der Waals surface area (Å²) in [6.45, 7) is 4.04. The van der Waals surface area contributed by atoms with Crippen LogP contribution in [0.2, 0.25) is 0 Å². The minimum Gasteiger partial charge on any atom is -0.397 e. The SMILES string of the molecule is Cc1ccc(NC(=O)c2sc3nnccc3c2N)cc1C. The van der Waals surface area contributed by atoms with Crippen molar-refractivity contribution < 1.29 is 4.79 Å². The molecule has 3 N–H and O–H groups in total. The third-order valence-electron chi connectivity index (χ3n) is 3.39. The molecule has 0 spiro atoms. The molecule has 0 bridgehead atoms. The number of carbonyl (C=O) groups excluding carboxylic acids is 1. The van der Waals surface area contributed by atoms with Crippen LogP contribution in [0.5, 0.6) is 0 Å². The summed E-state index contributed by atoms with van der Waals surface area (Å²) in [5, 5.41) is 11.4. The average molecular weight is 298 g/mol. The Morgan fingerprint density at radius 3 is 2.76 bits per heavy atom. The van der Waals surface area contributed by atoms with Crippen molar-refractivity contribution in [3.8, 4) is 0 Å². The molecule has 6 heteroatoms. The summed E-state index contributed by atoms with van der Waals surface area (Å²) in [6.07, 6.45) is 1.57. The van der Waals surface area contributed by atoms with Gasteiger partial charge in [-0.1, -0.05) is 6.07 Å². The molecule has 2 aromatic heterocycles. The van der Waals surface area contributed by atoms with Crippen molar-refractivity contribution in [2.24, 2.45) is 0 Å². The first-order valence-corrected chi connectivity index (χ1v) is 7.26. The van der Waals surface area contributed by atoms with Gasteiger partial charge in [0.1, 0.15) is 9.71 Å². The van der Waals surface area contributed by atoms with E-state index in [2.05, 4.69) is 15.5 Å². The third kappa shape index (κ3) is 2.45. The van der Waals surface area contributed by atoms with Crippen LogP contribution in [0.15, 0.2) is 30.5 Å². The van der Waals surface area contributed by atoms with E-state index in [9.17, 15) is 4.79 Å². The number of rotatable bonds is 2. The summed E-state index contributed by atoms with van der Waals surface area (Å²) in [7, 11) is 0. The van der Waals surface area contributed by atoms with Crippen molar-refractivity contribution in [2.75, 3.05) is 11.1 Å². The van der Waals surface area contributed by atoms with Crippen LogP contribution in [0.4, 0.5) is 11.4 Å². The van der Waals surface area contributed by atoms with Gasteiger partial charge in [0.25, 0.3) is 5.91 Å². The molecule has 21 heavy (non-hydrogen) atoms. The van der Waals surface area contributed by atoms with Gasteiger partial charge in [-0.05, 0) is 43.2 Å². The van der Waals surface area contributed by atoms with Crippen molar-refractivity contribution in [3.05, 3.63) is 46.5 Å². The van der Waals surface area contributed by atoms with Gasteiger partial charge in [0.15, 0.2) is 0 Å². The molecule has 5 nitrogen and oxygen atoms in total. The Morgan fingerprint density at radius 1 is 1.24 bits per heavy atom. The number of amides is 1. The minimum atomic E-state index is -0.223. The van der Waals surface area contributed by atoms with Crippen molar-refractivity contribution in [2.45, 2.75) is 13.8 Å². The Balaban J connectivity index is 1.93. The highest BCUT2D eigenvalue weighted by molar-refractivity contribution is 7.21. The Kier molecular flexibility index (Phi) is 3.31. The van der Waals surface area contributed by atoms with Crippen LogP contribution < -0.4 is 11.1 Å². The predicted molar refractivity (Wildman–Crippen MR) is 85.7 cm³/mol. The standard InChI is InChI=1S/C15H14N4OS/c1-8-3-4-10(7-9(8)2)18-14(20)13-12(16)11-5-6-17-19-15(11)21-13/h3-7H,16H2,1-2H3,(H,18,20). The Labute approximate surface area is 125 Å². The summed E-state index contributed by atoms with van der Waals surface area (Å²) >= 11 is 1.25. The van der Waals surface area contributed by atoms with Gasteiger partial charge in [-0.3, -0.25) is 4.79 Å². The first-order valence-electron chi connectivity index (χ1n) is 6.44. The highest BCUT2D eigenvalue weighted by atomic mass is 32.1. The summed E-state index contributed by atoms with van der Waals surface area (Å²) in [5.41, 5.74) is 9.55. The van der Waals surface area contributed by atoms with Crippen LogP contribution in [0, 0.1) is 13.8 Å². The molecule has 0 saturated carbocycles. The van der Waals surface area contributed by atoms with Crippen LogP contribution in [0.3, 0.4) is 0 Å². The number of carbonyl (C=O) groups is 1. The van der Waals surface area contributed by atoms with E-state index in [1.165, 1.54) is 16.9 Å². The number of nitrogens with two attached hydrogens (primary N) is 1. The molecule has 2 heterocycles. The normalized spacial score (nSPS) is 10.8. The Hall–Kier alpha value is -2.47. The summed E-state index contributed by atoms with van der Waals surface area (Å²) in [4.78, 5) is 13.5. The maximum Gasteiger partial charge on any atom is 0.267 e. The lowest BCUT2D eigenvalue weighted by atomic mass is 10.1. The van der Waals surface area contributed by atoms with E-state index in [1.54, 1.807) is 12.3 Å². The van der Waals surface area contributed by atoms with Gasteiger partial charge >= 0.3 is 0 Å². The quantitative estimate of drug-likeness (QED) is 0.761. The number of aromatic nitrogens is 2. The Morgan fingerprint density at radius 2 is 2.05 bits per heavy atom. The zero-order valence-corrected chi connectivity index (χ0v) is 12.5. The molecule has 0 aliphatic rings. The number of thiophene rings is 1. The molecular formula is C15H14N4OS. The molecular weight excluding hydrogens is 284 g/mol. The van der Waals surface area contributed by atoms with E-state index in [1.807, 2.05) is 32.0 Å². The number of nitrogens with zero attached hydrogens (tertiary/aromatic N) is 2. The molecule has 0 atom stereocenters. The fourth-order valence-corrected chi connectivity index (χ4v) is 2.98. The number of fused-ring (bicyclic) bond motifs is 1. The molecule has 0 aliphatic heterocycles. The van der Waals surface area contributed by atoms with Crippen LogP contribution in [0.25, 0.3) is 10.2 Å². The molecule has 0 fully saturated rings. The second kappa shape index (κ2) is 5.14. The molecule has 0 radical (unpaired) electrons. The fraction of sp³-hybridized carbons (Fsp3) is 0.133. The van der Waals surface area contributed by atoms with E-state index in [0.29, 0.717) is 15.4 Å². The summed E-state index contributed by atoms with van der Waals surface area (Å²) in [5.74, 6) is -0.223. The van der Waals surface area contributed by atoms with E-state index < -0.39 is 0 Å². The minimum absolute atomic E-state index is 0.223. The van der Waals surface area contributed by atoms with Crippen molar-refractivity contribution in [1.82, 2.24) is 10.2 Å². The lowest BCUT2D eigenvalue weighted by Crippen LogP contribution is -2.12. The lowest BCUT2D eigenvalue weighted by Gasteiger charge is -2.07. The monoisotopic (exact) mass is 298 g/mol. The second-order valence-electron chi connectivity index (χ2n) is 4.85. The molecule has 0 saturated heterocycles. The Bertz CT molecular complexity index is 841. The van der Waals surface area contributed by atoms with Gasteiger partial charge in [-0.15, -0.1) is 16.4 Å². The molecule has 106 valence electrons. The molecule has 3 aromatic rings. The molecule has 1 amide bonds. The second-order valence-corrected chi connectivity index (χ2v) is 5.85. The number of nitrogen functional groups attached to an aromatic ring is 1. The van der Waals surface area contributed by atoms with E-state index in [-0.39, 0.29) is 5.91 Å². The number of benzene rings is 1. The number of nitrogens with one attached hydrogen (secondary N) is 1. The number of hydrogen-bond donors (Lipinski definition) is 2. The van der Waals surface area contributed by atoms with E-state index in [4.69, 9.17) is 5.73 Å². The number of aryl methyl sites for hydroxylation is 2. The molecule has 1 aromatic carbocycles. The lowest BCUT2D eigenvalue weighted by molar-refractivity contribution is 0.103. The number of anilines is 2. The highest BCUT2D eigenvalue weighted by Crippen LogP contribution is 2.32. The van der Waals surface area contributed by atoms with Gasteiger partial charge in [0, 0.05) is 11.1 Å². The molecule has 0 unspecified atom stereocenters. The topological polar surface area (TPSA) is 80.9 Å². The average Bonchev–Trinajstić information content (AvgIpc) is 2.81. The smallest absolute Gasteiger partial charge is 0.267 e. The summed E-state index contributed by atoms with van der Waals surface area (Å²) < 4.78 is 0. The largest absolute Gasteiger partial charge is 0.397 e. The first kappa shape index (κ1) is 13.5. The summed E-state index contributed by atoms with van der Waals surface area (Å²) in [6, 6.07) is 7.56. The predicted octanol–water partition coefficient (Wildman–Crippen LogP) is 3.14. The third-order valence-corrected chi connectivity index (χ3v) is 4.50. The zero-order chi connectivity index (χ0) is 15.0. The first-order chi connectivity index (χ1) is 10.1. The van der Waals surface area contributed by atoms with E-state index in [0.717, 1.165) is 16.6 Å². The maximum atomic E-state index is 12.4. The highest BCUT2D eigenvalue weighted by Gasteiger charge is 2.17. The van der Waals surface area contributed by atoms with Crippen LogP contribution in [-0.2, 0) is 0 Å². The van der Waals surface area contributed by atoms with Crippen LogP contribution in [-0.4, -0.2) is 16.1 Å². The zero-order valence-electron chi connectivity index (χ0n) is 11.7. The molecule has 3 rings (SSSR count). The van der Waals surface area contributed by atoms with Crippen LogP contribution >= 0.6 is 11.3 Å². The van der Waals surface area contributed by atoms with Crippen LogP contribution in [0.1, 0.15) is 20.8 Å². The van der Waals surface area contributed by atoms with Crippen molar-refractivity contribution >= 4 is 38.8 Å². The van der Waals surface area contributed by atoms with Gasteiger partial charge in [-0.2, -0.15) is 5.10 Å². The maximum absolute atomic E-state index is 12.4. The van der Waals surface area contributed by atoms with Gasteiger partial charge in [0.2, 0.25) is 0 Å². The van der Waals surface area contributed by atoms with E-state index >= 15 is 0 Å². The van der Waals surface area contributed by atoms with Crippen molar-refractivity contribution in [3.63, 3.8) is 0 Å². The fourth-order valence-electron chi connectivity index (χ4n) is 2.05. The number of hydrogen-bond acceptors (Lipinski definition) is 5. The van der Waals surface area contributed by atoms with Gasteiger partial charge in [-0.25, -0.2) is 0 Å². The van der Waals surface area contributed by atoms with Gasteiger partial charge < -0.3 is 11.1 Å². The van der Waals surface area contributed by atoms with Crippen molar-refractivity contribution in [1.29, 1.82) is 0 Å². The van der Waals surface area contributed by atoms with Gasteiger partial charge in [0.05, 0.1) is 11.9 Å². The molecule has 0 aliphatic carbocycles.